The van der Waals surface area contributed by atoms with Crippen LogP contribution in [0, 0.1) is 26.2 Å². The van der Waals surface area contributed by atoms with Gasteiger partial charge in [0.1, 0.15) is 18.0 Å². The van der Waals surface area contributed by atoms with Crippen molar-refractivity contribution in [3.63, 3.8) is 0 Å². The summed E-state index contributed by atoms with van der Waals surface area (Å²) in [6.07, 6.45) is 1.31. The highest BCUT2D eigenvalue weighted by Crippen LogP contribution is 2.43. The van der Waals surface area contributed by atoms with Crippen LogP contribution in [0.4, 0.5) is 0 Å². The molecule has 2 rings (SSSR count). The molecule has 1 unspecified atom stereocenters. The van der Waals surface area contributed by atoms with Crippen LogP contribution in [0.3, 0.4) is 0 Å². The minimum absolute atomic E-state index is 0.0123. The number of ether oxygens (including phenoxy) is 2. The Morgan fingerprint density at radius 3 is 2.48 bits per heavy atom. The molecule has 0 radical (unpaired) electrons. The molecule has 0 fully saturated rings. The molecule has 1 aromatic carbocycles. The van der Waals surface area contributed by atoms with Crippen LogP contribution in [0.5, 0.6) is 11.5 Å². The molecule has 10 nitrogen and oxygen atoms in total. The van der Waals surface area contributed by atoms with Crippen molar-refractivity contribution in [2.75, 3.05) is 13.1 Å². The number of esters is 1. The van der Waals surface area contributed by atoms with Crippen molar-refractivity contribution >= 4 is 23.8 Å². The molecule has 170 valence electrons. The maximum atomic E-state index is 12.7. The topological polar surface area (TPSA) is 164 Å². The molecule has 31 heavy (non-hydrogen) atoms. The zero-order chi connectivity index (χ0) is 23.3. The summed E-state index contributed by atoms with van der Waals surface area (Å²) < 4.78 is 11.7. The number of guanidine groups is 1. The van der Waals surface area contributed by atoms with Gasteiger partial charge in [0.15, 0.2) is 11.6 Å². The summed E-state index contributed by atoms with van der Waals surface area (Å²) in [5.41, 5.74) is 7.25. The Bertz CT molecular complexity index is 914. The predicted molar refractivity (Wildman–Crippen MR) is 113 cm³/mol. The molecule has 10 heteroatoms. The van der Waals surface area contributed by atoms with Gasteiger partial charge >= 0.3 is 11.9 Å². The lowest BCUT2D eigenvalue weighted by molar-refractivity contribution is -0.139. The fraction of sp³-hybridized carbons (Fsp3) is 0.524. The first-order valence-corrected chi connectivity index (χ1v) is 10.1. The highest BCUT2D eigenvalue weighted by atomic mass is 16.5. The minimum atomic E-state index is -1.08. The van der Waals surface area contributed by atoms with Crippen LogP contribution in [-0.2, 0) is 20.8 Å². The fourth-order valence-electron chi connectivity index (χ4n) is 3.49. The number of amides is 1. The molecule has 0 saturated carbocycles. The highest BCUT2D eigenvalue weighted by Gasteiger charge is 2.40. The number of hydrogen-bond acceptors (Lipinski definition) is 6. The molecule has 1 amide bonds. The molecule has 1 heterocycles. The Morgan fingerprint density at radius 1 is 1.19 bits per heavy atom. The Hall–Kier alpha value is -3.30. The lowest BCUT2D eigenvalue weighted by Crippen LogP contribution is -2.51. The van der Waals surface area contributed by atoms with E-state index in [1.165, 1.54) is 0 Å². The van der Waals surface area contributed by atoms with Gasteiger partial charge in [-0.25, -0.2) is 4.79 Å². The molecule has 1 aliphatic heterocycles. The summed E-state index contributed by atoms with van der Waals surface area (Å²) in [4.78, 5) is 35.4. The third kappa shape index (κ3) is 5.65. The SMILES string of the molecule is Cc1c(C)c2c(c(C)c1OC(=O)CNC(=N)N)CCC(C)(C(=O)NCCCC(=O)O)O2. The van der Waals surface area contributed by atoms with Gasteiger partial charge in [-0.3, -0.25) is 15.0 Å². The monoisotopic (exact) mass is 434 g/mol. The average molecular weight is 434 g/mol. The number of fused-ring (bicyclic) bond motifs is 1. The van der Waals surface area contributed by atoms with Crippen LogP contribution >= 0.6 is 0 Å². The Labute approximate surface area is 181 Å². The number of benzene rings is 1. The normalized spacial score (nSPS) is 17.2. The van der Waals surface area contributed by atoms with E-state index in [-0.39, 0.29) is 31.4 Å². The van der Waals surface area contributed by atoms with Crippen LogP contribution in [0.1, 0.15) is 48.4 Å². The quantitative estimate of drug-likeness (QED) is 0.133. The van der Waals surface area contributed by atoms with E-state index < -0.39 is 17.5 Å². The number of carboxylic acids is 1. The number of nitrogens with two attached hydrogens (primary N) is 1. The molecular weight excluding hydrogens is 404 g/mol. The Kier molecular flexibility index (Phi) is 7.48. The van der Waals surface area contributed by atoms with E-state index in [0.29, 0.717) is 30.8 Å². The lowest BCUT2D eigenvalue weighted by atomic mass is 9.86. The van der Waals surface area contributed by atoms with Crippen LogP contribution in [0.2, 0.25) is 0 Å². The van der Waals surface area contributed by atoms with Gasteiger partial charge in [0, 0.05) is 24.9 Å². The summed E-state index contributed by atoms with van der Waals surface area (Å²) in [7, 11) is 0. The van der Waals surface area contributed by atoms with Crippen molar-refractivity contribution in [2.45, 2.75) is 59.0 Å². The van der Waals surface area contributed by atoms with Crippen LogP contribution in [0.25, 0.3) is 0 Å². The van der Waals surface area contributed by atoms with Gasteiger partial charge in [-0.1, -0.05) is 0 Å². The van der Waals surface area contributed by atoms with Gasteiger partial charge in [0.05, 0.1) is 0 Å². The first-order chi connectivity index (χ1) is 14.5. The third-order valence-corrected chi connectivity index (χ3v) is 5.46. The van der Waals surface area contributed by atoms with E-state index in [4.69, 9.17) is 25.7 Å². The van der Waals surface area contributed by atoms with E-state index in [9.17, 15) is 14.4 Å². The summed E-state index contributed by atoms with van der Waals surface area (Å²) in [5.74, 6) is -1.03. The molecule has 6 N–H and O–H groups in total. The number of nitrogens with one attached hydrogen (secondary N) is 3. The molecule has 1 aromatic rings. The van der Waals surface area contributed by atoms with E-state index in [0.717, 1.165) is 22.3 Å². The number of rotatable bonds is 8. The van der Waals surface area contributed by atoms with E-state index >= 15 is 0 Å². The standard InChI is InChI=1S/C21H30N4O6/c1-11-12(2)18-14(13(3)17(11)30-16(28)10-25-20(22)23)7-8-21(4,31-18)19(29)24-9-5-6-15(26)27/h5-10H2,1-4H3,(H,24,29)(H,26,27)(H4,22,23,25). The molecule has 0 bridgehead atoms. The van der Waals surface area contributed by atoms with Crippen LogP contribution in [-0.4, -0.2) is 47.6 Å². The third-order valence-electron chi connectivity index (χ3n) is 5.46. The van der Waals surface area contributed by atoms with Crippen molar-refractivity contribution in [2.24, 2.45) is 5.73 Å². The van der Waals surface area contributed by atoms with Gasteiger partial charge in [0.25, 0.3) is 5.91 Å². The number of hydrogen-bond donors (Lipinski definition) is 5. The van der Waals surface area contributed by atoms with Gasteiger partial charge in [-0.05, 0) is 57.2 Å². The maximum Gasteiger partial charge on any atom is 0.330 e. The lowest BCUT2D eigenvalue weighted by Gasteiger charge is -2.37. The maximum absolute atomic E-state index is 12.7. The fourth-order valence-corrected chi connectivity index (χ4v) is 3.49. The second-order valence-corrected chi connectivity index (χ2v) is 7.84. The molecule has 0 aliphatic carbocycles. The number of carbonyl (C=O) groups is 3. The first kappa shape index (κ1) is 24.0. The van der Waals surface area contributed by atoms with Gasteiger partial charge in [-0.15, -0.1) is 0 Å². The summed E-state index contributed by atoms with van der Waals surface area (Å²) in [6.45, 7) is 7.25. The Morgan fingerprint density at radius 2 is 1.87 bits per heavy atom. The molecular formula is C21H30N4O6. The zero-order valence-corrected chi connectivity index (χ0v) is 18.3. The molecule has 1 atom stereocenters. The molecule has 0 spiro atoms. The zero-order valence-electron chi connectivity index (χ0n) is 18.3. The van der Waals surface area contributed by atoms with Gasteiger partial charge in [0.2, 0.25) is 0 Å². The first-order valence-electron chi connectivity index (χ1n) is 10.1. The van der Waals surface area contributed by atoms with E-state index in [1.54, 1.807) is 6.92 Å². The average Bonchev–Trinajstić information content (AvgIpc) is 2.70. The minimum Gasteiger partial charge on any atom is -0.481 e. The summed E-state index contributed by atoms with van der Waals surface area (Å²) in [5, 5.41) is 21.0. The van der Waals surface area contributed by atoms with Crippen molar-refractivity contribution in [3.05, 3.63) is 22.3 Å². The van der Waals surface area contributed by atoms with Crippen molar-refractivity contribution in [1.29, 1.82) is 5.41 Å². The predicted octanol–water partition coefficient (Wildman–Crippen LogP) is 1.07. The molecule has 0 aromatic heterocycles. The van der Waals surface area contributed by atoms with Gasteiger partial charge < -0.3 is 30.9 Å². The van der Waals surface area contributed by atoms with E-state index in [1.807, 2.05) is 20.8 Å². The van der Waals surface area contributed by atoms with E-state index in [2.05, 4.69) is 10.6 Å². The van der Waals surface area contributed by atoms with Gasteiger partial charge in [-0.2, -0.15) is 0 Å². The van der Waals surface area contributed by atoms with Crippen molar-refractivity contribution in [3.8, 4) is 11.5 Å². The molecule has 0 saturated heterocycles. The van der Waals surface area contributed by atoms with Crippen molar-refractivity contribution in [1.82, 2.24) is 10.6 Å². The second kappa shape index (κ2) is 9.67. The van der Waals surface area contributed by atoms with Crippen LogP contribution in [0.15, 0.2) is 0 Å². The smallest absolute Gasteiger partial charge is 0.330 e. The molecule has 1 aliphatic rings. The van der Waals surface area contributed by atoms with Crippen molar-refractivity contribution < 1.29 is 29.0 Å². The Balaban J connectivity index is 2.19. The number of carbonyl (C=O) groups excluding carboxylic acids is 2. The largest absolute Gasteiger partial charge is 0.481 e. The highest BCUT2D eigenvalue weighted by molar-refractivity contribution is 5.86. The number of aliphatic carboxylic acids is 1. The van der Waals surface area contributed by atoms with Crippen LogP contribution < -0.4 is 25.8 Å². The summed E-state index contributed by atoms with van der Waals surface area (Å²) in [6, 6.07) is 0. The summed E-state index contributed by atoms with van der Waals surface area (Å²) >= 11 is 0. The number of carboxylic acid groups (broad SMARTS) is 1. The second-order valence-electron chi connectivity index (χ2n) is 7.84.